The molecule has 0 bridgehead atoms. The molecule has 0 saturated carbocycles. The second kappa shape index (κ2) is 4.89. The lowest BCUT2D eigenvalue weighted by molar-refractivity contribution is -0.159. The summed E-state index contributed by atoms with van der Waals surface area (Å²) in [5.74, 6) is -0.755. The molecule has 1 aliphatic carbocycles. The van der Waals surface area contributed by atoms with Gasteiger partial charge in [-0.25, -0.2) is 0 Å². The summed E-state index contributed by atoms with van der Waals surface area (Å²) in [5, 5.41) is 8.74. The minimum Gasteiger partial charge on any atom is -0.447 e. The minimum atomic E-state index is -1.21. The van der Waals surface area contributed by atoms with Crippen LogP contribution in [0.1, 0.15) is 19.8 Å². The van der Waals surface area contributed by atoms with Gasteiger partial charge in [0.25, 0.3) is 0 Å². The van der Waals surface area contributed by atoms with Crippen LogP contribution in [0.25, 0.3) is 0 Å². The normalized spacial score (nSPS) is 24.3. The van der Waals surface area contributed by atoms with Gasteiger partial charge in [-0.2, -0.15) is 0 Å². The molecule has 4 nitrogen and oxygen atoms in total. The van der Waals surface area contributed by atoms with Crippen LogP contribution in [0.5, 0.6) is 0 Å². The van der Waals surface area contributed by atoms with E-state index in [0.29, 0.717) is 12.8 Å². The van der Waals surface area contributed by atoms with E-state index in [4.69, 9.17) is 9.84 Å². The van der Waals surface area contributed by atoms with Crippen LogP contribution >= 0.6 is 0 Å². The molecule has 0 spiro atoms. The molecule has 82 valence electrons. The zero-order valence-corrected chi connectivity index (χ0v) is 8.60. The number of carbonyl (C=O) groups excluding carboxylic acids is 2. The molecular weight excluding hydrogens is 196 g/mol. The molecule has 0 fully saturated rings. The molecule has 0 aliphatic heterocycles. The first-order valence-corrected chi connectivity index (χ1v) is 4.81. The first-order chi connectivity index (χ1) is 7.10. The number of esters is 1. The lowest BCUT2D eigenvalue weighted by atomic mass is 9.89. The molecule has 4 heteroatoms. The Morgan fingerprint density at radius 2 is 2.27 bits per heavy atom. The van der Waals surface area contributed by atoms with E-state index in [1.807, 2.05) is 0 Å². The first kappa shape index (κ1) is 11.7. The Hall–Kier alpha value is -1.42. The van der Waals surface area contributed by atoms with E-state index in [-0.39, 0.29) is 12.4 Å². The van der Waals surface area contributed by atoms with Gasteiger partial charge in [0.2, 0.25) is 5.78 Å². The fourth-order valence-corrected chi connectivity index (χ4v) is 1.52. The molecule has 0 radical (unpaired) electrons. The van der Waals surface area contributed by atoms with Crippen LogP contribution < -0.4 is 0 Å². The zero-order valence-electron chi connectivity index (χ0n) is 8.60. The molecule has 15 heavy (non-hydrogen) atoms. The standard InChI is InChI=1S/C11H14O4/c1-9(13)15-11(7-4-8-12)6-3-2-5-10(11)14/h2-3,5-6,12H,4,7-8H2,1H3. The molecule has 0 aromatic rings. The van der Waals surface area contributed by atoms with Crippen molar-refractivity contribution >= 4 is 11.8 Å². The quantitative estimate of drug-likeness (QED) is 0.696. The van der Waals surface area contributed by atoms with Gasteiger partial charge >= 0.3 is 5.97 Å². The third-order valence-electron chi connectivity index (χ3n) is 2.17. The van der Waals surface area contributed by atoms with Crippen molar-refractivity contribution in [3.8, 4) is 0 Å². The van der Waals surface area contributed by atoms with E-state index < -0.39 is 11.6 Å². The minimum absolute atomic E-state index is 0.0339. The molecule has 0 aromatic carbocycles. The maximum absolute atomic E-state index is 11.7. The maximum Gasteiger partial charge on any atom is 0.303 e. The smallest absolute Gasteiger partial charge is 0.303 e. The van der Waals surface area contributed by atoms with Crippen molar-refractivity contribution in [2.75, 3.05) is 6.61 Å². The zero-order chi connectivity index (χ0) is 11.3. The predicted octanol–water partition coefficient (Wildman–Crippen LogP) is 0.756. The Bertz CT molecular complexity index is 317. The molecule has 0 saturated heterocycles. The van der Waals surface area contributed by atoms with Gasteiger partial charge in [0.15, 0.2) is 5.60 Å². The van der Waals surface area contributed by atoms with Crippen LogP contribution in [0.15, 0.2) is 24.3 Å². The third-order valence-corrected chi connectivity index (χ3v) is 2.17. The highest BCUT2D eigenvalue weighted by molar-refractivity contribution is 6.01. The SMILES string of the molecule is CC(=O)OC1(CCCO)C=CC=CC1=O. The van der Waals surface area contributed by atoms with Gasteiger partial charge in [0, 0.05) is 20.0 Å². The van der Waals surface area contributed by atoms with Crippen molar-refractivity contribution in [2.24, 2.45) is 0 Å². The van der Waals surface area contributed by atoms with E-state index in [1.54, 1.807) is 18.2 Å². The molecule has 0 amide bonds. The number of aliphatic hydroxyl groups excluding tert-OH is 1. The van der Waals surface area contributed by atoms with Crippen LogP contribution in [0.2, 0.25) is 0 Å². The number of carbonyl (C=O) groups is 2. The molecule has 0 heterocycles. The van der Waals surface area contributed by atoms with Crippen molar-refractivity contribution in [1.82, 2.24) is 0 Å². The van der Waals surface area contributed by atoms with Crippen molar-refractivity contribution in [2.45, 2.75) is 25.4 Å². The molecule has 0 aromatic heterocycles. The summed E-state index contributed by atoms with van der Waals surface area (Å²) in [4.78, 5) is 22.6. The number of hydrogen-bond donors (Lipinski definition) is 1. The summed E-state index contributed by atoms with van der Waals surface area (Å²) in [5.41, 5.74) is -1.21. The van der Waals surface area contributed by atoms with Gasteiger partial charge in [0.05, 0.1) is 0 Å². The highest BCUT2D eigenvalue weighted by Crippen LogP contribution is 2.25. The van der Waals surface area contributed by atoms with Crippen LogP contribution in [-0.4, -0.2) is 29.1 Å². The third kappa shape index (κ3) is 2.76. The predicted molar refractivity (Wildman–Crippen MR) is 54.1 cm³/mol. The Morgan fingerprint density at radius 3 is 2.80 bits per heavy atom. The molecule has 1 unspecified atom stereocenters. The number of ketones is 1. The molecular formula is C11H14O4. The topological polar surface area (TPSA) is 63.6 Å². The van der Waals surface area contributed by atoms with E-state index in [2.05, 4.69) is 0 Å². The monoisotopic (exact) mass is 210 g/mol. The number of aliphatic hydroxyl groups is 1. The second-order valence-corrected chi connectivity index (χ2v) is 3.39. The van der Waals surface area contributed by atoms with Crippen LogP contribution in [-0.2, 0) is 14.3 Å². The Labute approximate surface area is 88.2 Å². The van der Waals surface area contributed by atoms with Gasteiger partial charge in [-0.05, 0) is 18.6 Å². The number of allylic oxidation sites excluding steroid dienone is 2. The number of ether oxygens (including phenoxy) is 1. The fraction of sp³-hybridized carbons (Fsp3) is 0.455. The fourth-order valence-electron chi connectivity index (χ4n) is 1.52. The average molecular weight is 210 g/mol. The first-order valence-electron chi connectivity index (χ1n) is 4.81. The summed E-state index contributed by atoms with van der Waals surface area (Å²) < 4.78 is 5.06. The highest BCUT2D eigenvalue weighted by Gasteiger charge is 2.37. The van der Waals surface area contributed by atoms with E-state index in [0.717, 1.165) is 0 Å². The largest absolute Gasteiger partial charge is 0.447 e. The van der Waals surface area contributed by atoms with E-state index in [1.165, 1.54) is 13.0 Å². The van der Waals surface area contributed by atoms with Gasteiger partial charge in [-0.1, -0.05) is 12.2 Å². The Morgan fingerprint density at radius 1 is 1.53 bits per heavy atom. The summed E-state index contributed by atoms with van der Waals surface area (Å²) in [7, 11) is 0. The van der Waals surface area contributed by atoms with Gasteiger partial charge in [-0.15, -0.1) is 0 Å². The molecule has 1 aliphatic rings. The average Bonchev–Trinajstić information content (AvgIpc) is 2.18. The Kier molecular flexibility index (Phi) is 3.80. The van der Waals surface area contributed by atoms with Crippen LogP contribution in [0, 0.1) is 0 Å². The summed E-state index contributed by atoms with van der Waals surface area (Å²) in [6.45, 7) is 1.23. The van der Waals surface area contributed by atoms with Gasteiger partial charge in [0.1, 0.15) is 0 Å². The maximum atomic E-state index is 11.7. The molecule has 1 rings (SSSR count). The molecule has 1 atom stereocenters. The second-order valence-electron chi connectivity index (χ2n) is 3.39. The Balaban J connectivity index is 2.84. The van der Waals surface area contributed by atoms with Gasteiger partial charge in [-0.3, -0.25) is 9.59 Å². The van der Waals surface area contributed by atoms with Crippen molar-refractivity contribution in [1.29, 1.82) is 0 Å². The number of rotatable bonds is 4. The van der Waals surface area contributed by atoms with E-state index in [9.17, 15) is 9.59 Å². The lowest BCUT2D eigenvalue weighted by Gasteiger charge is -2.28. The van der Waals surface area contributed by atoms with Gasteiger partial charge < -0.3 is 9.84 Å². The summed E-state index contributed by atoms with van der Waals surface area (Å²) in [6.07, 6.45) is 6.93. The van der Waals surface area contributed by atoms with Crippen molar-refractivity contribution < 1.29 is 19.4 Å². The van der Waals surface area contributed by atoms with Crippen molar-refractivity contribution in [3.05, 3.63) is 24.3 Å². The van der Waals surface area contributed by atoms with Crippen molar-refractivity contribution in [3.63, 3.8) is 0 Å². The number of hydrogen-bond acceptors (Lipinski definition) is 4. The van der Waals surface area contributed by atoms with Crippen LogP contribution in [0.4, 0.5) is 0 Å². The summed E-state index contributed by atoms with van der Waals surface area (Å²) in [6, 6.07) is 0. The highest BCUT2D eigenvalue weighted by atomic mass is 16.6. The molecule has 1 N–H and O–H groups in total. The summed E-state index contributed by atoms with van der Waals surface area (Å²) >= 11 is 0. The van der Waals surface area contributed by atoms with Crippen LogP contribution in [0.3, 0.4) is 0 Å². The van der Waals surface area contributed by atoms with E-state index >= 15 is 0 Å². The lowest BCUT2D eigenvalue weighted by Crippen LogP contribution is -2.41.